The molecule has 44 heavy (non-hydrogen) atoms. The molecule has 3 aromatic rings. The SMILES string of the molecule is Cc1cc(F)ccc1-c1cc(N2CC3CCCN3C2=O)ncc1N(C)C(=O)C(C)(C)c1cc(C(F)(F)F)cc(C(F)(F)F)c1. The Morgan fingerprint density at radius 1 is 0.932 bits per heavy atom. The summed E-state index contributed by atoms with van der Waals surface area (Å²) in [4.78, 5) is 35.9. The minimum atomic E-state index is -5.09. The number of hydrogen-bond acceptors (Lipinski definition) is 3. The Bertz CT molecular complexity index is 1600. The molecule has 2 aromatic carbocycles. The number of halogens is 7. The molecule has 3 amide bonds. The highest BCUT2D eigenvalue weighted by Gasteiger charge is 2.43. The third kappa shape index (κ3) is 5.59. The van der Waals surface area contributed by atoms with Gasteiger partial charge in [0.05, 0.1) is 34.5 Å². The zero-order chi connectivity index (χ0) is 32.4. The number of urea groups is 1. The van der Waals surface area contributed by atoms with E-state index in [1.807, 2.05) is 0 Å². The number of likely N-dealkylation sites (N-methyl/N-ethyl adjacent to an activating group) is 1. The summed E-state index contributed by atoms with van der Waals surface area (Å²) in [5, 5.41) is 0. The zero-order valence-corrected chi connectivity index (χ0v) is 24.3. The van der Waals surface area contributed by atoms with Crippen LogP contribution < -0.4 is 9.80 Å². The topological polar surface area (TPSA) is 56.8 Å². The monoisotopic (exact) mass is 622 g/mol. The van der Waals surface area contributed by atoms with Crippen LogP contribution in [-0.2, 0) is 22.6 Å². The summed E-state index contributed by atoms with van der Waals surface area (Å²) in [5.74, 6) is -1.04. The fraction of sp³-hybridized carbons (Fsp3) is 0.387. The molecule has 0 aliphatic carbocycles. The highest BCUT2D eigenvalue weighted by molar-refractivity contribution is 6.04. The Morgan fingerprint density at radius 2 is 1.55 bits per heavy atom. The third-order valence-electron chi connectivity index (χ3n) is 8.38. The number of benzene rings is 2. The quantitative estimate of drug-likeness (QED) is 0.276. The zero-order valence-electron chi connectivity index (χ0n) is 24.3. The maximum Gasteiger partial charge on any atom is 0.416 e. The second-order valence-electron chi connectivity index (χ2n) is 11.7. The fourth-order valence-corrected chi connectivity index (χ4v) is 5.88. The predicted octanol–water partition coefficient (Wildman–Crippen LogP) is 7.58. The van der Waals surface area contributed by atoms with E-state index in [4.69, 9.17) is 0 Å². The van der Waals surface area contributed by atoms with Gasteiger partial charge in [0, 0.05) is 25.7 Å². The van der Waals surface area contributed by atoms with Crippen LogP contribution in [0, 0.1) is 12.7 Å². The lowest BCUT2D eigenvalue weighted by Gasteiger charge is -2.32. The van der Waals surface area contributed by atoms with Gasteiger partial charge >= 0.3 is 18.4 Å². The number of aryl methyl sites for hydroxylation is 1. The number of pyridine rings is 1. The molecule has 0 radical (unpaired) electrons. The van der Waals surface area contributed by atoms with Crippen molar-refractivity contribution in [2.75, 3.05) is 29.9 Å². The molecular weight excluding hydrogens is 593 g/mol. The van der Waals surface area contributed by atoms with Gasteiger partial charge in [0.25, 0.3) is 0 Å². The first-order valence-electron chi connectivity index (χ1n) is 13.8. The van der Waals surface area contributed by atoms with Crippen LogP contribution in [0.25, 0.3) is 11.1 Å². The minimum absolute atomic E-state index is 0.0101. The molecule has 1 unspecified atom stereocenters. The van der Waals surface area contributed by atoms with E-state index in [2.05, 4.69) is 4.98 Å². The van der Waals surface area contributed by atoms with E-state index < -0.39 is 46.2 Å². The Morgan fingerprint density at radius 3 is 2.11 bits per heavy atom. The maximum atomic E-state index is 14.0. The molecule has 0 spiro atoms. The van der Waals surface area contributed by atoms with Crippen LogP contribution in [0.4, 0.5) is 47.0 Å². The normalized spacial score (nSPS) is 17.3. The molecule has 2 saturated heterocycles. The highest BCUT2D eigenvalue weighted by atomic mass is 19.4. The molecule has 0 bridgehead atoms. The van der Waals surface area contributed by atoms with E-state index in [0.717, 1.165) is 17.7 Å². The highest BCUT2D eigenvalue weighted by Crippen LogP contribution is 2.42. The number of anilines is 2. The van der Waals surface area contributed by atoms with Crippen LogP contribution in [0.15, 0.2) is 48.7 Å². The summed E-state index contributed by atoms with van der Waals surface area (Å²) < 4.78 is 95.6. The van der Waals surface area contributed by atoms with Crippen LogP contribution in [0.5, 0.6) is 0 Å². The van der Waals surface area contributed by atoms with Crippen molar-refractivity contribution in [3.8, 4) is 11.1 Å². The van der Waals surface area contributed by atoms with Gasteiger partial charge in [0.1, 0.15) is 11.6 Å². The first-order chi connectivity index (χ1) is 20.4. The number of fused-ring (bicyclic) bond motifs is 1. The van der Waals surface area contributed by atoms with Crippen molar-refractivity contribution in [1.82, 2.24) is 9.88 Å². The molecule has 0 N–H and O–H groups in total. The van der Waals surface area contributed by atoms with Crippen LogP contribution in [-0.4, -0.2) is 48.0 Å². The molecular formula is C31H29F7N4O2. The number of carbonyl (C=O) groups excluding carboxylic acids is 2. The van der Waals surface area contributed by atoms with E-state index in [-0.39, 0.29) is 23.8 Å². The summed E-state index contributed by atoms with van der Waals surface area (Å²) in [7, 11) is 1.33. The summed E-state index contributed by atoms with van der Waals surface area (Å²) in [6.45, 7) is 5.16. The van der Waals surface area contributed by atoms with E-state index in [9.17, 15) is 40.3 Å². The van der Waals surface area contributed by atoms with E-state index >= 15 is 0 Å². The summed E-state index contributed by atoms with van der Waals surface area (Å²) in [6.07, 6.45) is -7.10. The maximum absolute atomic E-state index is 14.0. The van der Waals surface area contributed by atoms with Gasteiger partial charge in [-0.05, 0) is 86.7 Å². The smallest absolute Gasteiger partial charge is 0.320 e. The van der Waals surface area contributed by atoms with E-state index in [1.54, 1.807) is 17.9 Å². The molecule has 234 valence electrons. The van der Waals surface area contributed by atoms with Crippen molar-refractivity contribution < 1.29 is 40.3 Å². The van der Waals surface area contributed by atoms with Crippen LogP contribution >= 0.6 is 0 Å². The lowest BCUT2D eigenvalue weighted by atomic mass is 9.81. The number of rotatable bonds is 5. The van der Waals surface area contributed by atoms with Gasteiger partial charge in [-0.25, -0.2) is 14.2 Å². The number of aromatic nitrogens is 1. The molecule has 2 aliphatic heterocycles. The summed E-state index contributed by atoms with van der Waals surface area (Å²) >= 11 is 0. The molecule has 5 rings (SSSR count). The lowest BCUT2D eigenvalue weighted by molar-refractivity contribution is -0.143. The Balaban J connectivity index is 1.59. The minimum Gasteiger partial charge on any atom is -0.320 e. The fourth-order valence-electron chi connectivity index (χ4n) is 5.88. The molecule has 0 saturated carbocycles. The third-order valence-corrected chi connectivity index (χ3v) is 8.38. The number of nitrogens with zero attached hydrogens (tertiary/aromatic N) is 4. The van der Waals surface area contributed by atoms with Crippen molar-refractivity contribution in [2.45, 2.75) is 57.4 Å². The Kier molecular flexibility index (Phi) is 7.66. The van der Waals surface area contributed by atoms with Gasteiger partial charge in [-0.2, -0.15) is 26.3 Å². The average Bonchev–Trinajstić information content (AvgIpc) is 3.53. The van der Waals surface area contributed by atoms with Crippen LogP contribution in [0.1, 0.15) is 48.9 Å². The van der Waals surface area contributed by atoms with Crippen LogP contribution in [0.3, 0.4) is 0 Å². The van der Waals surface area contributed by atoms with Gasteiger partial charge in [0.15, 0.2) is 0 Å². The van der Waals surface area contributed by atoms with Gasteiger partial charge in [-0.3, -0.25) is 9.69 Å². The molecule has 13 heteroatoms. The first kappa shape index (κ1) is 31.3. The first-order valence-corrected chi connectivity index (χ1v) is 13.8. The van der Waals surface area contributed by atoms with E-state index in [1.165, 1.54) is 50.2 Å². The van der Waals surface area contributed by atoms with Crippen molar-refractivity contribution in [3.63, 3.8) is 0 Å². The second kappa shape index (κ2) is 10.8. The lowest BCUT2D eigenvalue weighted by Crippen LogP contribution is -2.42. The Labute approximate surface area is 249 Å². The summed E-state index contributed by atoms with van der Waals surface area (Å²) in [5.41, 5.74) is -3.89. The molecule has 1 aromatic heterocycles. The van der Waals surface area contributed by atoms with Gasteiger partial charge < -0.3 is 9.80 Å². The summed E-state index contributed by atoms with van der Waals surface area (Å²) in [6, 6.07) is 6.48. The van der Waals surface area contributed by atoms with Crippen LogP contribution in [0.2, 0.25) is 0 Å². The van der Waals surface area contributed by atoms with Crippen molar-refractivity contribution >= 4 is 23.4 Å². The van der Waals surface area contributed by atoms with Gasteiger partial charge in [0.2, 0.25) is 5.91 Å². The van der Waals surface area contributed by atoms with E-state index in [0.29, 0.717) is 47.7 Å². The molecule has 1 atom stereocenters. The van der Waals surface area contributed by atoms with Crippen molar-refractivity contribution in [1.29, 1.82) is 0 Å². The molecule has 3 heterocycles. The Hall–Kier alpha value is -4.16. The van der Waals surface area contributed by atoms with Gasteiger partial charge in [-0.15, -0.1) is 0 Å². The molecule has 6 nitrogen and oxygen atoms in total. The average molecular weight is 623 g/mol. The molecule has 2 aliphatic rings. The predicted molar refractivity (Wildman–Crippen MR) is 150 cm³/mol. The standard InChI is InChI=1S/C31H29F7N4O2/c1-17-10-21(32)7-8-23(17)24-14-26(42-16-22-6-5-9-41(22)28(42)44)39-15-25(24)40(4)27(43)29(2,3)18-11-19(30(33,34)35)13-20(12-18)31(36,37)38/h7-8,10-15,22H,5-6,9,16H2,1-4H3. The number of hydrogen-bond donors (Lipinski definition) is 0. The second-order valence-corrected chi connectivity index (χ2v) is 11.7. The van der Waals surface area contributed by atoms with Crippen molar-refractivity contribution in [3.05, 3.63) is 76.7 Å². The number of alkyl halides is 6. The van der Waals surface area contributed by atoms with Crippen molar-refractivity contribution in [2.24, 2.45) is 0 Å². The largest absolute Gasteiger partial charge is 0.416 e. The van der Waals surface area contributed by atoms with Gasteiger partial charge in [-0.1, -0.05) is 6.07 Å². The molecule has 2 fully saturated rings. The number of amides is 3. The number of carbonyl (C=O) groups is 2.